The summed E-state index contributed by atoms with van der Waals surface area (Å²) in [6, 6.07) is 6.69. The highest BCUT2D eigenvalue weighted by atomic mass is 19.4. The maximum absolute atomic E-state index is 13.4. The van der Waals surface area contributed by atoms with Crippen LogP contribution in [0.1, 0.15) is 48.1 Å². The average molecular weight is 492 g/mol. The quantitative estimate of drug-likeness (QED) is 0.366. The summed E-state index contributed by atoms with van der Waals surface area (Å²) >= 11 is 0. The lowest BCUT2D eigenvalue weighted by atomic mass is 9.86. The van der Waals surface area contributed by atoms with Crippen LogP contribution in [0.5, 0.6) is 0 Å². The number of carbonyl (C=O) groups is 1. The van der Waals surface area contributed by atoms with Crippen LogP contribution in [-0.2, 0) is 22.6 Å². The van der Waals surface area contributed by atoms with Crippen molar-refractivity contribution in [3.05, 3.63) is 70.5 Å². The van der Waals surface area contributed by atoms with Gasteiger partial charge in [0.25, 0.3) is 0 Å². The molecule has 1 heterocycles. The minimum atomic E-state index is -4.94. The molecule has 0 spiro atoms. The van der Waals surface area contributed by atoms with Crippen molar-refractivity contribution in [3.8, 4) is 0 Å². The predicted molar refractivity (Wildman–Crippen MR) is 109 cm³/mol. The molecule has 0 bridgehead atoms. The Bertz CT molecular complexity index is 989. The third-order valence-corrected chi connectivity index (χ3v) is 5.79. The number of rotatable bonds is 7. The molecule has 2 atom stereocenters. The lowest BCUT2D eigenvalue weighted by molar-refractivity contribution is -0.143. The van der Waals surface area contributed by atoms with Gasteiger partial charge in [-0.1, -0.05) is 12.1 Å². The van der Waals surface area contributed by atoms with Gasteiger partial charge < -0.3 is 15.0 Å². The first-order valence-corrected chi connectivity index (χ1v) is 10.4. The fraction of sp³-hybridized carbons (Fsp3) is 0.435. The number of hydrogen-bond donors (Lipinski definition) is 1. The molecular formula is C23H23F7N2O2. The second-order valence-corrected chi connectivity index (χ2v) is 8.33. The number of alkyl halides is 6. The molecule has 11 heteroatoms. The van der Waals surface area contributed by atoms with Gasteiger partial charge in [0.15, 0.2) is 0 Å². The van der Waals surface area contributed by atoms with Crippen LogP contribution in [0.25, 0.3) is 0 Å². The lowest BCUT2D eigenvalue weighted by Crippen LogP contribution is -2.40. The van der Waals surface area contributed by atoms with Gasteiger partial charge in [0, 0.05) is 20.2 Å². The molecule has 4 nitrogen and oxygen atoms in total. The highest BCUT2D eigenvalue weighted by molar-refractivity contribution is 5.78. The fourth-order valence-corrected chi connectivity index (χ4v) is 3.98. The fourth-order valence-electron chi connectivity index (χ4n) is 3.98. The number of halogens is 7. The number of nitrogens with one attached hydrogen (secondary N) is 1. The first-order chi connectivity index (χ1) is 15.7. The van der Waals surface area contributed by atoms with E-state index in [0.717, 1.165) is 0 Å². The second kappa shape index (κ2) is 9.44. The number of likely N-dealkylation sites (N-methyl/N-ethyl adjacent to an activating group) is 1. The molecule has 0 radical (unpaired) electrons. The van der Waals surface area contributed by atoms with Gasteiger partial charge in [-0.15, -0.1) is 0 Å². The van der Waals surface area contributed by atoms with E-state index in [0.29, 0.717) is 37.1 Å². The largest absolute Gasteiger partial charge is 0.416 e. The van der Waals surface area contributed by atoms with Crippen molar-refractivity contribution >= 4 is 6.03 Å². The van der Waals surface area contributed by atoms with Gasteiger partial charge in [-0.2, -0.15) is 26.3 Å². The van der Waals surface area contributed by atoms with Crippen molar-refractivity contribution in [1.29, 1.82) is 0 Å². The topological polar surface area (TPSA) is 41.6 Å². The van der Waals surface area contributed by atoms with E-state index in [1.807, 2.05) is 0 Å². The van der Waals surface area contributed by atoms with Gasteiger partial charge in [-0.25, -0.2) is 9.18 Å². The van der Waals surface area contributed by atoms with Crippen molar-refractivity contribution in [2.24, 2.45) is 0 Å². The molecule has 1 aliphatic heterocycles. The first kappa shape index (κ1) is 25.8. The maximum atomic E-state index is 13.4. The van der Waals surface area contributed by atoms with Gasteiger partial charge in [-0.3, -0.25) is 0 Å². The standard InChI is InChI=1S/C23H23F7N2O2/c1-14(15-10-17(22(25,26)27)12-18(11-15)23(28,29)30)34-9-3-8-21(13-32(2)20(33)31-21)16-4-6-19(24)7-5-16/h4-7,10-12,14H,3,8-9,13H2,1-2H3,(H,31,33)/t14-,21+/m1/s1. The molecule has 0 saturated carbocycles. The summed E-state index contributed by atoms with van der Waals surface area (Å²) in [5, 5.41) is 2.88. The highest BCUT2D eigenvalue weighted by Crippen LogP contribution is 2.38. The van der Waals surface area contributed by atoms with Crippen molar-refractivity contribution in [2.75, 3.05) is 20.2 Å². The minimum Gasteiger partial charge on any atom is -0.374 e. The molecule has 2 amide bonds. The normalized spacial score (nSPS) is 19.9. The molecule has 1 N–H and O–H groups in total. The summed E-state index contributed by atoms with van der Waals surface area (Å²) in [6.45, 7) is 1.69. The van der Waals surface area contributed by atoms with E-state index in [-0.39, 0.29) is 24.3 Å². The van der Waals surface area contributed by atoms with E-state index in [1.165, 1.54) is 24.0 Å². The number of benzene rings is 2. The summed E-state index contributed by atoms with van der Waals surface area (Å²) in [5.41, 5.74) is -3.21. The van der Waals surface area contributed by atoms with Gasteiger partial charge in [0.05, 0.1) is 22.8 Å². The summed E-state index contributed by atoms with van der Waals surface area (Å²) in [4.78, 5) is 13.6. The van der Waals surface area contributed by atoms with Gasteiger partial charge in [0.2, 0.25) is 0 Å². The van der Waals surface area contributed by atoms with Crippen LogP contribution in [-0.4, -0.2) is 31.1 Å². The van der Waals surface area contributed by atoms with E-state index < -0.39 is 40.9 Å². The third-order valence-electron chi connectivity index (χ3n) is 5.79. The second-order valence-electron chi connectivity index (χ2n) is 8.33. The molecule has 2 aromatic rings. The van der Waals surface area contributed by atoms with Crippen LogP contribution in [0.4, 0.5) is 35.5 Å². The molecule has 0 aliphatic carbocycles. The SMILES string of the molecule is C[C@@H](OCCC[C@@]1(c2ccc(F)cc2)CN(C)C(=O)N1)c1cc(C(F)(F)F)cc(C(F)(F)F)c1. The van der Waals surface area contributed by atoms with E-state index in [9.17, 15) is 35.5 Å². The molecular weight excluding hydrogens is 469 g/mol. The first-order valence-electron chi connectivity index (χ1n) is 10.4. The summed E-state index contributed by atoms with van der Waals surface area (Å²) < 4.78 is 97.5. The minimum absolute atomic E-state index is 0.0152. The Kier molecular flexibility index (Phi) is 7.16. The number of urea groups is 1. The number of ether oxygens (including phenoxy) is 1. The van der Waals surface area contributed by atoms with Crippen molar-refractivity contribution < 1.29 is 40.3 Å². The van der Waals surface area contributed by atoms with Gasteiger partial charge in [-0.05, 0) is 61.2 Å². The molecule has 1 saturated heterocycles. The number of nitrogens with zero attached hydrogens (tertiary/aromatic N) is 1. The van der Waals surface area contributed by atoms with E-state index >= 15 is 0 Å². The van der Waals surface area contributed by atoms with Crippen LogP contribution >= 0.6 is 0 Å². The summed E-state index contributed by atoms with van der Waals surface area (Å²) in [7, 11) is 1.60. The van der Waals surface area contributed by atoms with Gasteiger partial charge in [0.1, 0.15) is 5.82 Å². The Morgan fingerprint density at radius 2 is 1.59 bits per heavy atom. The molecule has 0 aromatic heterocycles. The Morgan fingerprint density at radius 3 is 2.06 bits per heavy atom. The Hall–Kier alpha value is -2.82. The molecule has 34 heavy (non-hydrogen) atoms. The Labute approximate surface area is 191 Å². The Balaban J connectivity index is 1.71. The number of carbonyl (C=O) groups excluding carboxylic acids is 1. The van der Waals surface area contributed by atoms with Crippen LogP contribution in [0.2, 0.25) is 0 Å². The molecule has 1 fully saturated rings. The van der Waals surface area contributed by atoms with Crippen LogP contribution in [0.15, 0.2) is 42.5 Å². The molecule has 1 aliphatic rings. The number of amides is 2. The van der Waals surface area contributed by atoms with Crippen molar-refractivity contribution in [1.82, 2.24) is 10.2 Å². The monoisotopic (exact) mass is 492 g/mol. The highest BCUT2D eigenvalue weighted by Gasteiger charge is 2.42. The Morgan fingerprint density at radius 1 is 1.03 bits per heavy atom. The van der Waals surface area contributed by atoms with E-state index in [1.54, 1.807) is 19.2 Å². The molecule has 2 aromatic carbocycles. The van der Waals surface area contributed by atoms with Crippen LogP contribution < -0.4 is 5.32 Å². The zero-order valence-electron chi connectivity index (χ0n) is 18.4. The van der Waals surface area contributed by atoms with Crippen molar-refractivity contribution in [3.63, 3.8) is 0 Å². The molecule has 3 rings (SSSR count). The molecule has 186 valence electrons. The number of hydrogen-bond acceptors (Lipinski definition) is 2. The van der Waals surface area contributed by atoms with E-state index in [2.05, 4.69) is 5.32 Å². The maximum Gasteiger partial charge on any atom is 0.416 e. The van der Waals surface area contributed by atoms with Crippen LogP contribution in [0, 0.1) is 5.82 Å². The summed E-state index contributed by atoms with van der Waals surface area (Å²) in [5.74, 6) is -0.437. The third kappa shape index (κ3) is 5.81. The zero-order chi connectivity index (χ0) is 25.3. The lowest BCUT2D eigenvalue weighted by Gasteiger charge is -2.29. The van der Waals surface area contributed by atoms with E-state index in [4.69, 9.17) is 4.74 Å². The smallest absolute Gasteiger partial charge is 0.374 e. The zero-order valence-corrected chi connectivity index (χ0v) is 18.4. The van der Waals surface area contributed by atoms with Crippen LogP contribution in [0.3, 0.4) is 0 Å². The van der Waals surface area contributed by atoms with Gasteiger partial charge >= 0.3 is 18.4 Å². The molecule has 0 unspecified atom stereocenters. The summed E-state index contributed by atoms with van der Waals surface area (Å²) in [6.07, 6.45) is -10.2. The average Bonchev–Trinajstić information content (AvgIpc) is 3.04. The van der Waals surface area contributed by atoms with Crippen molar-refractivity contribution in [2.45, 2.75) is 43.8 Å². The predicted octanol–water partition coefficient (Wildman–Crippen LogP) is 6.27.